The highest BCUT2D eigenvalue weighted by molar-refractivity contribution is 5.84. The van der Waals surface area contributed by atoms with Crippen LogP contribution in [0.25, 0.3) is 11.2 Å². The van der Waals surface area contributed by atoms with Crippen LogP contribution < -0.4 is 5.32 Å². The number of aliphatic hydroxyl groups is 1. The number of nitrogens with zero attached hydrogens (tertiary/aromatic N) is 5. The Bertz CT molecular complexity index is 1120. The lowest BCUT2D eigenvalue weighted by Gasteiger charge is -2.34. The molecule has 32 heavy (non-hydrogen) atoms. The Labute approximate surface area is 182 Å². The molecule has 0 unspecified atom stereocenters. The smallest absolute Gasteiger partial charge is 0.396 e. The van der Waals surface area contributed by atoms with Crippen LogP contribution in [0.4, 0.5) is 19.0 Å². The van der Waals surface area contributed by atoms with Crippen LogP contribution in [0.5, 0.6) is 0 Å². The van der Waals surface area contributed by atoms with Gasteiger partial charge in [0.15, 0.2) is 11.5 Å². The number of halogens is 3. The molecule has 0 bridgehead atoms. The van der Waals surface area contributed by atoms with Crippen LogP contribution in [0.15, 0.2) is 30.6 Å². The normalized spacial score (nSPS) is 15.3. The molecule has 1 aromatic carbocycles. The van der Waals surface area contributed by atoms with E-state index in [0.717, 1.165) is 37.8 Å². The van der Waals surface area contributed by atoms with Gasteiger partial charge in [-0.15, -0.1) is 0 Å². The van der Waals surface area contributed by atoms with Gasteiger partial charge in [0.05, 0.1) is 11.9 Å². The Hall–Kier alpha value is -3.19. The molecule has 0 spiro atoms. The van der Waals surface area contributed by atoms with Gasteiger partial charge in [-0.2, -0.15) is 28.4 Å². The standard InChI is InChI=1S/C22H23F3N6O/c23-22(24,25)16-8-6-14(7-9-16)12-31-13-27-20-19(31)21(30-18(11-26)29-20)28-17(5-2-10-32)15-3-1-4-15/h6-9,13,15,17,32H,1-5,10,12H2,(H,28,29,30)/t17-/m1/s1. The molecule has 1 atom stereocenters. The second-order valence-corrected chi connectivity index (χ2v) is 8.05. The molecule has 1 fully saturated rings. The lowest BCUT2D eigenvalue weighted by atomic mass is 9.78. The van der Waals surface area contributed by atoms with Crippen molar-refractivity contribution in [3.05, 3.63) is 47.5 Å². The summed E-state index contributed by atoms with van der Waals surface area (Å²) in [5.74, 6) is 0.934. The Balaban J connectivity index is 1.66. The highest BCUT2D eigenvalue weighted by Crippen LogP contribution is 2.34. The SMILES string of the molecule is N#Cc1nc(N[C@H](CCCO)C2CCC2)c2c(ncn2Cc2ccc(C(F)(F)F)cc2)n1. The van der Waals surface area contributed by atoms with Crippen molar-refractivity contribution < 1.29 is 18.3 Å². The van der Waals surface area contributed by atoms with Crippen molar-refractivity contribution in [2.75, 3.05) is 11.9 Å². The maximum Gasteiger partial charge on any atom is 0.416 e. The number of hydrogen-bond acceptors (Lipinski definition) is 6. The van der Waals surface area contributed by atoms with E-state index in [4.69, 9.17) is 0 Å². The zero-order valence-electron chi connectivity index (χ0n) is 17.3. The number of imidazole rings is 1. The Kier molecular flexibility index (Phi) is 6.28. The van der Waals surface area contributed by atoms with Crippen molar-refractivity contribution in [2.45, 2.75) is 50.9 Å². The molecule has 0 aliphatic heterocycles. The van der Waals surface area contributed by atoms with E-state index in [0.29, 0.717) is 34.9 Å². The number of aromatic nitrogens is 4. The Morgan fingerprint density at radius 1 is 1.22 bits per heavy atom. The van der Waals surface area contributed by atoms with Gasteiger partial charge in [-0.25, -0.2) is 4.98 Å². The third-order valence-corrected chi connectivity index (χ3v) is 5.92. The number of nitrogens with one attached hydrogen (secondary N) is 1. The van der Waals surface area contributed by atoms with E-state index < -0.39 is 11.7 Å². The molecule has 168 valence electrons. The summed E-state index contributed by atoms with van der Waals surface area (Å²) in [7, 11) is 0. The summed E-state index contributed by atoms with van der Waals surface area (Å²) >= 11 is 0. The first-order valence-electron chi connectivity index (χ1n) is 10.6. The third kappa shape index (κ3) is 4.67. The number of nitriles is 1. The van der Waals surface area contributed by atoms with Crippen molar-refractivity contribution in [3.63, 3.8) is 0 Å². The largest absolute Gasteiger partial charge is 0.416 e. The summed E-state index contributed by atoms with van der Waals surface area (Å²) in [4.78, 5) is 12.8. The van der Waals surface area contributed by atoms with Gasteiger partial charge in [0.2, 0.25) is 5.82 Å². The lowest BCUT2D eigenvalue weighted by molar-refractivity contribution is -0.137. The van der Waals surface area contributed by atoms with Gasteiger partial charge in [-0.3, -0.25) is 0 Å². The summed E-state index contributed by atoms with van der Waals surface area (Å²) < 4.78 is 40.3. The minimum atomic E-state index is -4.38. The van der Waals surface area contributed by atoms with Crippen molar-refractivity contribution in [1.82, 2.24) is 19.5 Å². The summed E-state index contributed by atoms with van der Waals surface area (Å²) in [5, 5.41) is 22.1. The predicted molar refractivity (Wildman–Crippen MR) is 112 cm³/mol. The number of rotatable bonds is 8. The molecule has 0 saturated heterocycles. The van der Waals surface area contributed by atoms with Gasteiger partial charge in [-0.1, -0.05) is 18.6 Å². The second kappa shape index (κ2) is 9.12. The van der Waals surface area contributed by atoms with Crippen LogP contribution in [0.3, 0.4) is 0 Å². The van der Waals surface area contributed by atoms with E-state index >= 15 is 0 Å². The van der Waals surface area contributed by atoms with Crippen LogP contribution in [0.2, 0.25) is 0 Å². The van der Waals surface area contributed by atoms with Gasteiger partial charge in [-0.05, 0) is 49.3 Å². The van der Waals surface area contributed by atoms with Crippen molar-refractivity contribution in [1.29, 1.82) is 5.26 Å². The minimum Gasteiger partial charge on any atom is -0.396 e. The summed E-state index contributed by atoms with van der Waals surface area (Å²) in [5.41, 5.74) is 0.912. The molecule has 4 rings (SSSR count). The van der Waals surface area contributed by atoms with Gasteiger partial charge in [0.25, 0.3) is 0 Å². The Morgan fingerprint density at radius 2 is 1.97 bits per heavy atom. The molecule has 1 aliphatic rings. The molecule has 2 aromatic heterocycles. The first-order chi connectivity index (χ1) is 15.4. The zero-order chi connectivity index (χ0) is 22.7. The van der Waals surface area contributed by atoms with E-state index in [2.05, 4.69) is 20.3 Å². The van der Waals surface area contributed by atoms with Gasteiger partial charge in [0.1, 0.15) is 11.6 Å². The van der Waals surface area contributed by atoms with Crippen molar-refractivity contribution in [2.24, 2.45) is 5.92 Å². The monoisotopic (exact) mass is 444 g/mol. The van der Waals surface area contributed by atoms with E-state index in [1.54, 1.807) is 10.9 Å². The maximum atomic E-state index is 12.9. The fourth-order valence-corrected chi connectivity index (χ4v) is 4.00. The lowest BCUT2D eigenvalue weighted by Crippen LogP contribution is -2.34. The number of alkyl halides is 3. The zero-order valence-corrected chi connectivity index (χ0v) is 17.3. The van der Waals surface area contributed by atoms with Crippen LogP contribution in [-0.4, -0.2) is 37.3 Å². The predicted octanol–water partition coefficient (Wildman–Crippen LogP) is 4.12. The average molecular weight is 444 g/mol. The van der Waals surface area contributed by atoms with Crippen molar-refractivity contribution in [3.8, 4) is 6.07 Å². The second-order valence-electron chi connectivity index (χ2n) is 8.05. The highest BCUT2D eigenvalue weighted by Gasteiger charge is 2.30. The number of benzene rings is 1. The van der Waals surface area contributed by atoms with E-state index in [9.17, 15) is 23.5 Å². The first kappa shape index (κ1) is 22.0. The van der Waals surface area contributed by atoms with E-state index in [1.807, 2.05) is 6.07 Å². The van der Waals surface area contributed by atoms with Crippen LogP contribution in [0.1, 0.15) is 49.1 Å². The summed E-state index contributed by atoms with van der Waals surface area (Å²) in [6.45, 7) is 0.378. The van der Waals surface area contributed by atoms with E-state index in [-0.39, 0.29) is 25.0 Å². The van der Waals surface area contributed by atoms with Gasteiger partial charge < -0.3 is 15.0 Å². The van der Waals surface area contributed by atoms with Crippen LogP contribution in [0, 0.1) is 17.2 Å². The maximum absolute atomic E-state index is 12.9. The molecule has 0 radical (unpaired) electrons. The quantitative estimate of drug-likeness (QED) is 0.542. The topological polar surface area (TPSA) is 99.6 Å². The highest BCUT2D eigenvalue weighted by atomic mass is 19.4. The number of aliphatic hydroxyl groups excluding tert-OH is 1. The number of anilines is 1. The molecule has 7 nitrogen and oxygen atoms in total. The van der Waals surface area contributed by atoms with Gasteiger partial charge >= 0.3 is 6.18 Å². The van der Waals surface area contributed by atoms with Gasteiger partial charge in [0, 0.05) is 19.2 Å². The molecular formula is C22H23F3N6O. The molecular weight excluding hydrogens is 421 g/mol. The Morgan fingerprint density at radius 3 is 2.56 bits per heavy atom. The number of fused-ring (bicyclic) bond motifs is 1. The number of hydrogen-bond donors (Lipinski definition) is 2. The molecule has 10 heteroatoms. The minimum absolute atomic E-state index is 0.00528. The fraction of sp³-hybridized carbons (Fsp3) is 0.455. The van der Waals surface area contributed by atoms with E-state index in [1.165, 1.54) is 12.1 Å². The van der Waals surface area contributed by atoms with Crippen LogP contribution in [-0.2, 0) is 12.7 Å². The van der Waals surface area contributed by atoms with Crippen LogP contribution >= 0.6 is 0 Å². The third-order valence-electron chi connectivity index (χ3n) is 5.92. The molecule has 1 saturated carbocycles. The van der Waals surface area contributed by atoms with Crippen molar-refractivity contribution >= 4 is 17.0 Å². The average Bonchev–Trinajstić information content (AvgIpc) is 3.13. The summed E-state index contributed by atoms with van der Waals surface area (Å²) in [6.07, 6.45) is 1.93. The molecule has 3 aromatic rings. The molecule has 2 heterocycles. The molecule has 1 aliphatic carbocycles. The summed E-state index contributed by atoms with van der Waals surface area (Å²) in [6, 6.07) is 7.03. The molecule has 0 amide bonds. The fourth-order valence-electron chi connectivity index (χ4n) is 4.00. The molecule has 2 N–H and O–H groups in total. The first-order valence-corrected chi connectivity index (χ1v) is 10.6.